The molecule has 18 heavy (non-hydrogen) atoms. The third-order valence-corrected chi connectivity index (χ3v) is 4.67. The number of nitrogens with one attached hydrogen (secondary N) is 1. The van der Waals surface area contributed by atoms with Crippen LogP contribution in [0.3, 0.4) is 0 Å². The summed E-state index contributed by atoms with van der Waals surface area (Å²) in [6.45, 7) is 0.787. The lowest BCUT2D eigenvalue weighted by Gasteiger charge is -2.23. The van der Waals surface area contributed by atoms with Crippen LogP contribution in [0.25, 0.3) is 0 Å². The molecule has 1 atom stereocenters. The molecule has 0 bridgehead atoms. The summed E-state index contributed by atoms with van der Waals surface area (Å²) in [6.07, 6.45) is 7.06. The first-order valence-electron chi connectivity index (χ1n) is 6.59. The van der Waals surface area contributed by atoms with E-state index in [0.717, 1.165) is 18.2 Å². The van der Waals surface area contributed by atoms with Crippen molar-refractivity contribution in [2.75, 3.05) is 0 Å². The van der Waals surface area contributed by atoms with Gasteiger partial charge in [-0.05, 0) is 30.2 Å². The van der Waals surface area contributed by atoms with E-state index in [-0.39, 0.29) is 0 Å². The predicted octanol–water partition coefficient (Wildman–Crippen LogP) is 3.76. The summed E-state index contributed by atoms with van der Waals surface area (Å²) < 4.78 is 4.88. The molecule has 0 aromatic carbocycles. The van der Waals surface area contributed by atoms with Crippen LogP contribution in [-0.2, 0) is 6.54 Å². The molecule has 4 heteroatoms. The fraction of sp³-hybridized carbons (Fsp3) is 0.500. The van der Waals surface area contributed by atoms with Crippen LogP contribution in [0.5, 0.6) is 0 Å². The van der Waals surface area contributed by atoms with Crippen molar-refractivity contribution in [3.8, 4) is 0 Å². The average molecular weight is 262 g/mol. The third-order valence-electron chi connectivity index (χ3n) is 3.72. The Morgan fingerprint density at radius 2 is 2.28 bits per heavy atom. The molecule has 0 saturated heterocycles. The Bertz CT molecular complexity index is 446. The molecule has 0 radical (unpaired) electrons. The number of aromatic nitrogens is 1. The van der Waals surface area contributed by atoms with Gasteiger partial charge in [0.2, 0.25) is 0 Å². The number of rotatable bonds is 5. The first kappa shape index (κ1) is 11.9. The van der Waals surface area contributed by atoms with Crippen molar-refractivity contribution in [1.82, 2.24) is 10.5 Å². The molecule has 1 fully saturated rings. The molecule has 0 amide bonds. The zero-order chi connectivity index (χ0) is 12.2. The molecule has 1 N–H and O–H groups in total. The van der Waals surface area contributed by atoms with Gasteiger partial charge in [-0.3, -0.25) is 0 Å². The second-order valence-electron chi connectivity index (χ2n) is 4.91. The van der Waals surface area contributed by atoms with E-state index >= 15 is 0 Å². The second-order valence-corrected chi connectivity index (χ2v) is 5.89. The molecule has 1 unspecified atom stereocenters. The molecule has 1 saturated carbocycles. The minimum absolute atomic E-state index is 0.476. The second kappa shape index (κ2) is 5.67. The highest BCUT2D eigenvalue weighted by Crippen LogP contribution is 2.37. The van der Waals surface area contributed by atoms with Gasteiger partial charge in [0.25, 0.3) is 0 Å². The van der Waals surface area contributed by atoms with Gasteiger partial charge in [-0.1, -0.05) is 24.1 Å². The Kier molecular flexibility index (Phi) is 3.76. The van der Waals surface area contributed by atoms with Crippen molar-refractivity contribution in [3.05, 3.63) is 40.4 Å². The van der Waals surface area contributed by atoms with Crippen molar-refractivity contribution in [1.29, 1.82) is 0 Å². The van der Waals surface area contributed by atoms with Gasteiger partial charge in [0.05, 0.1) is 5.69 Å². The highest BCUT2D eigenvalue weighted by molar-refractivity contribution is 7.10. The molecule has 3 rings (SSSR count). The molecule has 2 aromatic rings. The Morgan fingerprint density at radius 1 is 1.39 bits per heavy atom. The molecule has 96 valence electrons. The van der Waals surface area contributed by atoms with Gasteiger partial charge >= 0.3 is 0 Å². The standard InChI is InChI=1S/C14H18N2OS/c1-2-5-11(4-1)14(13-6-3-9-18-13)15-10-12-7-8-17-16-12/h3,6-9,11,14-15H,1-2,4-5,10H2. The van der Waals surface area contributed by atoms with E-state index in [4.69, 9.17) is 4.52 Å². The quantitative estimate of drug-likeness (QED) is 0.891. The molecule has 3 nitrogen and oxygen atoms in total. The van der Waals surface area contributed by atoms with E-state index in [1.165, 1.54) is 30.6 Å². The van der Waals surface area contributed by atoms with Crippen LogP contribution < -0.4 is 5.32 Å². The fourth-order valence-corrected chi connectivity index (χ4v) is 3.70. The van der Waals surface area contributed by atoms with Gasteiger partial charge in [-0.15, -0.1) is 11.3 Å². The Balaban J connectivity index is 1.69. The van der Waals surface area contributed by atoms with Gasteiger partial charge in [0.1, 0.15) is 6.26 Å². The van der Waals surface area contributed by atoms with Crippen molar-refractivity contribution < 1.29 is 4.52 Å². The summed E-state index contributed by atoms with van der Waals surface area (Å²) in [7, 11) is 0. The topological polar surface area (TPSA) is 38.1 Å². The molecular weight excluding hydrogens is 244 g/mol. The Hall–Kier alpha value is -1.13. The summed E-state index contributed by atoms with van der Waals surface area (Å²) in [4.78, 5) is 1.45. The minimum Gasteiger partial charge on any atom is -0.364 e. The van der Waals surface area contributed by atoms with Crippen LogP contribution in [0, 0.1) is 5.92 Å². The maximum Gasteiger partial charge on any atom is 0.124 e. The zero-order valence-electron chi connectivity index (χ0n) is 10.3. The van der Waals surface area contributed by atoms with E-state index < -0.39 is 0 Å². The van der Waals surface area contributed by atoms with Crippen molar-refractivity contribution in [3.63, 3.8) is 0 Å². The van der Waals surface area contributed by atoms with E-state index in [0.29, 0.717) is 6.04 Å². The lowest BCUT2D eigenvalue weighted by molar-refractivity contribution is 0.359. The van der Waals surface area contributed by atoms with Gasteiger partial charge < -0.3 is 9.84 Å². The van der Waals surface area contributed by atoms with Crippen molar-refractivity contribution in [2.45, 2.75) is 38.3 Å². The van der Waals surface area contributed by atoms with Crippen LogP contribution >= 0.6 is 11.3 Å². The van der Waals surface area contributed by atoms with Gasteiger partial charge in [0.15, 0.2) is 0 Å². The van der Waals surface area contributed by atoms with Crippen molar-refractivity contribution in [2.24, 2.45) is 5.92 Å². The Morgan fingerprint density at radius 3 is 2.94 bits per heavy atom. The van der Waals surface area contributed by atoms with Gasteiger partial charge in [-0.25, -0.2) is 0 Å². The highest BCUT2D eigenvalue weighted by atomic mass is 32.1. The molecule has 2 heterocycles. The molecular formula is C14H18N2OS. The van der Waals surface area contributed by atoms with Crippen LogP contribution in [0.4, 0.5) is 0 Å². The predicted molar refractivity (Wildman–Crippen MR) is 72.4 cm³/mol. The lowest BCUT2D eigenvalue weighted by Crippen LogP contribution is -2.26. The third kappa shape index (κ3) is 2.65. The highest BCUT2D eigenvalue weighted by Gasteiger charge is 2.26. The van der Waals surface area contributed by atoms with Crippen LogP contribution in [0.1, 0.15) is 42.3 Å². The molecule has 1 aliphatic rings. The van der Waals surface area contributed by atoms with Crippen LogP contribution in [-0.4, -0.2) is 5.16 Å². The first-order chi connectivity index (χ1) is 8.93. The largest absolute Gasteiger partial charge is 0.364 e. The molecule has 0 spiro atoms. The fourth-order valence-electron chi connectivity index (χ4n) is 2.80. The maximum absolute atomic E-state index is 4.88. The van der Waals surface area contributed by atoms with Crippen LogP contribution in [0.2, 0.25) is 0 Å². The number of thiophene rings is 1. The first-order valence-corrected chi connectivity index (χ1v) is 7.47. The summed E-state index contributed by atoms with van der Waals surface area (Å²) in [5.41, 5.74) is 0.981. The van der Waals surface area contributed by atoms with E-state index in [1.807, 2.05) is 17.4 Å². The van der Waals surface area contributed by atoms with E-state index in [2.05, 4.69) is 28.0 Å². The molecule has 1 aliphatic carbocycles. The Labute approximate surface area is 111 Å². The smallest absolute Gasteiger partial charge is 0.124 e. The normalized spacial score (nSPS) is 18.2. The van der Waals surface area contributed by atoms with Gasteiger partial charge in [-0.2, -0.15) is 0 Å². The van der Waals surface area contributed by atoms with Crippen molar-refractivity contribution >= 4 is 11.3 Å². The minimum atomic E-state index is 0.476. The average Bonchev–Trinajstić information content (AvgIpc) is 3.14. The number of hydrogen-bond donors (Lipinski definition) is 1. The lowest BCUT2D eigenvalue weighted by atomic mass is 9.96. The van der Waals surface area contributed by atoms with Crippen LogP contribution in [0.15, 0.2) is 34.4 Å². The molecule has 0 aliphatic heterocycles. The summed E-state index contributed by atoms with van der Waals surface area (Å²) in [5.74, 6) is 0.774. The van der Waals surface area contributed by atoms with E-state index in [9.17, 15) is 0 Å². The SMILES string of the molecule is c1csc(C(NCc2ccon2)C2CCCC2)c1. The maximum atomic E-state index is 4.88. The zero-order valence-corrected chi connectivity index (χ0v) is 11.2. The summed E-state index contributed by atoms with van der Waals surface area (Å²) >= 11 is 1.85. The number of hydrogen-bond acceptors (Lipinski definition) is 4. The molecule has 2 aromatic heterocycles. The summed E-state index contributed by atoms with van der Waals surface area (Å²) in [5, 5.41) is 9.78. The van der Waals surface area contributed by atoms with Gasteiger partial charge in [0, 0.05) is 23.5 Å². The van der Waals surface area contributed by atoms with E-state index in [1.54, 1.807) is 6.26 Å². The number of nitrogens with zero attached hydrogens (tertiary/aromatic N) is 1. The summed E-state index contributed by atoms with van der Waals surface area (Å²) in [6, 6.07) is 6.78. The monoisotopic (exact) mass is 262 g/mol.